The van der Waals surface area contributed by atoms with Crippen LogP contribution in [0.2, 0.25) is 0 Å². The molecule has 0 aliphatic rings. The summed E-state index contributed by atoms with van der Waals surface area (Å²) in [7, 11) is 0. The minimum Gasteiger partial charge on any atom is -0.352 e. The Kier molecular flexibility index (Phi) is 4.97. The zero-order valence-electron chi connectivity index (χ0n) is 14.1. The van der Waals surface area contributed by atoms with E-state index in [1.54, 1.807) is 19.1 Å². The quantitative estimate of drug-likeness (QED) is 0.751. The third-order valence-corrected chi connectivity index (χ3v) is 4.02. The Hall–Kier alpha value is -2.83. The Morgan fingerprint density at radius 2 is 1.92 bits per heavy atom. The minimum absolute atomic E-state index is 0.0180. The van der Waals surface area contributed by atoms with Crippen LogP contribution in [0.3, 0.4) is 0 Å². The average molecular weight is 361 g/mol. The molecule has 0 radical (unpaired) electrons. The van der Waals surface area contributed by atoms with Crippen LogP contribution < -0.4 is 5.32 Å². The molecule has 136 valence electrons. The summed E-state index contributed by atoms with van der Waals surface area (Å²) in [6.07, 6.45) is -2.85. The second-order valence-electron chi connectivity index (χ2n) is 6.19. The van der Waals surface area contributed by atoms with E-state index < -0.39 is 17.9 Å². The van der Waals surface area contributed by atoms with E-state index in [2.05, 4.69) is 10.3 Å². The first-order chi connectivity index (χ1) is 12.3. The van der Waals surface area contributed by atoms with Crippen LogP contribution in [-0.4, -0.2) is 21.5 Å². The Morgan fingerprint density at radius 3 is 2.62 bits per heavy atom. The Morgan fingerprint density at radius 1 is 1.19 bits per heavy atom. The van der Waals surface area contributed by atoms with E-state index in [0.717, 1.165) is 16.2 Å². The molecule has 0 unspecified atom stereocenters. The monoisotopic (exact) mass is 361 g/mol. The predicted molar refractivity (Wildman–Crippen MR) is 92.5 cm³/mol. The van der Waals surface area contributed by atoms with Crippen LogP contribution >= 0.6 is 0 Å². The average Bonchev–Trinajstić information content (AvgIpc) is 2.94. The number of carbonyl (C=O) groups is 1. The van der Waals surface area contributed by atoms with E-state index in [9.17, 15) is 18.0 Å². The van der Waals surface area contributed by atoms with Gasteiger partial charge in [-0.1, -0.05) is 30.3 Å². The summed E-state index contributed by atoms with van der Waals surface area (Å²) in [5.74, 6) is -0.235. The maximum atomic E-state index is 13.4. The summed E-state index contributed by atoms with van der Waals surface area (Å²) in [4.78, 5) is 16.2. The van der Waals surface area contributed by atoms with Crippen LogP contribution in [-0.2, 0) is 23.9 Å². The summed E-state index contributed by atoms with van der Waals surface area (Å²) in [5.41, 5.74) is 0.334. The second kappa shape index (κ2) is 7.19. The fourth-order valence-corrected chi connectivity index (χ4v) is 2.93. The van der Waals surface area contributed by atoms with Gasteiger partial charge in [0.05, 0.1) is 6.42 Å². The molecule has 0 bridgehead atoms. The van der Waals surface area contributed by atoms with Gasteiger partial charge in [0.1, 0.15) is 11.3 Å². The molecule has 0 aliphatic carbocycles. The number of alkyl halides is 3. The Balaban J connectivity index is 1.76. The Labute approximate surface area is 148 Å². The van der Waals surface area contributed by atoms with Crippen LogP contribution in [0, 0.1) is 0 Å². The number of hydrogen-bond acceptors (Lipinski definition) is 2. The lowest BCUT2D eigenvalue weighted by Gasteiger charge is -2.18. The highest BCUT2D eigenvalue weighted by Crippen LogP contribution is 2.33. The summed E-state index contributed by atoms with van der Waals surface area (Å²) in [6.45, 7) is 1.66. The van der Waals surface area contributed by atoms with Crippen LogP contribution in [0.1, 0.15) is 18.2 Å². The number of halogens is 3. The summed E-state index contributed by atoms with van der Waals surface area (Å²) < 4.78 is 41.2. The van der Waals surface area contributed by atoms with Crippen molar-refractivity contribution in [2.45, 2.75) is 32.1 Å². The highest BCUT2D eigenvalue weighted by Gasteiger charge is 2.36. The summed E-state index contributed by atoms with van der Waals surface area (Å²) >= 11 is 0. The molecule has 0 saturated heterocycles. The molecule has 26 heavy (non-hydrogen) atoms. The topological polar surface area (TPSA) is 46.9 Å². The normalized spacial score (nSPS) is 12.9. The standard InChI is InChI=1S/C19H18F3N3O/c1-13(24-17(26)10-14-6-3-2-4-7-14)12-25-16(19(20,21)22)11-15-8-5-9-23-18(15)25/h2-9,11,13H,10,12H2,1H3,(H,24,26)/t13-/m1/s1. The number of benzene rings is 1. The molecule has 7 heteroatoms. The number of hydrogen-bond donors (Lipinski definition) is 1. The number of nitrogens with one attached hydrogen (secondary N) is 1. The van der Waals surface area contributed by atoms with Gasteiger partial charge < -0.3 is 9.88 Å². The molecule has 0 spiro atoms. The highest BCUT2D eigenvalue weighted by molar-refractivity contribution is 5.79. The van der Waals surface area contributed by atoms with Gasteiger partial charge in [0.25, 0.3) is 0 Å². The van der Waals surface area contributed by atoms with E-state index in [1.165, 1.54) is 6.20 Å². The molecule has 0 saturated carbocycles. The lowest BCUT2D eigenvalue weighted by atomic mass is 10.1. The largest absolute Gasteiger partial charge is 0.431 e. The lowest BCUT2D eigenvalue weighted by Crippen LogP contribution is -2.37. The molecule has 1 amide bonds. The first-order valence-electron chi connectivity index (χ1n) is 8.19. The third kappa shape index (κ3) is 4.04. The SMILES string of the molecule is C[C@H](Cn1c(C(F)(F)F)cc2cccnc21)NC(=O)Cc1ccccc1. The van der Waals surface area contributed by atoms with Gasteiger partial charge in [-0.25, -0.2) is 4.98 Å². The van der Waals surface area contributed by atoms with Crippen molar-refractivity contribution in [1.29, 1.82) is 0 Å². The van der Waals surface area contributed by atoms with Gasteiger partial charge in [-0.15, -0.1) is 0 Å². The molecule has 3 aromatic rings. The van der Waals surface area contributed by atoms with E-state index >= 15 is 0 Å². The van der Waals surface area contributed by atoms with Crippen molar-refractivity contribution in [3.63, 3.8) is 0 Å². The number of carbonyl (C=O) groups excluding carboxylic acids is 1. The first kappa shape index (κ1) is 18.0. The molecular formula is C19H18F3N3O. The predicted octanol–water partition coefficient (Wildman–Crippen LogP) is 3.80. The number of aromatic nitrogens is 2. The molecule has 2 aromatic heterocycles. The molecule has 1 atom stereocenters. The van der Waals surface area contributed by atoms with E-state index in [1.807, 2.05) is 30.3 Å². The van der Waals surface area contributed by atoms with Crippen molar-refractivity contribution in [2.24, 2.45) is 0 Å². The Bertz CT molecular complexity index is 903. The van der Waals surface area contributed by atoms with Crippen molar-refractivity contribution in [3.05, 3.63) is 66.0 Å². The number of amides is 1. The van der Waals surface area contributed by atoms with Crippen LogP contribution in [0.4, 0.5) is 13.2 Å². The highest BCUT2D eigenvalue weighted by atomic mass is 19.4. The van der Waals surface area contributed by atoms with E-state index in [4.69, 9.17) is 0 Å². The summed E-state index contributed by atoms with van der Waals surface area (Å²) in [6, 6.07) is 13.0. The van der Waals surface area contributed by atoms with Crippen LogP contribution in [0.25, 0.3) is 11.0 Å². The second-order valence-corrected chi connectivity index (χ2v) is 6.19. The number of rotatable bonds is 5. The van der Waals surface area contributed by atoms with Gasteiger partial charge in [-0.3, -0.25) is 4.79 Å². The van der Waals surface area contributed by atoms with Crippen molar-refractivity contribution in [1.82, 2.24) is 14.9 Å². The lowest BCUT2D eigenvalue weighted by molar-refractivity contribution is -0.143. The van der Waals surface area contributed by atoms with Gasteiger partial charge in [-0.2, -0.15) is 13.2 Å². The van der Waals surface area contributed by atoms with Gasteiger partial charge in [-0.05, 0) is 30.7 Å². The molecular weight excluding hydrogens is 343 g/mol. The number of pyridine rings is 1. The molecule has 2 heterocycles. The van der Waals surface area contributed by atoms with E-state index in [-0.39, 0.29) is 24.5 Å². The fourth-order valence-electron chi connectivity index (χ4n) is 2.93. The zero-order valence-corrected chi connectivity index (χ0v) is 14.1. The summed E-state index contributed by atoms with van der Waals surface area (Å²) in [5, 5.41) is 3.17. The maximum absolute atomic E-state index is 13.4. The third-order valence-electron chi connectivity index (χ3n) is 4.02. The van der Waals surface area contributed by atoms with Gasteiger partial charge in [0.15, 0.2) is 0 Å². The fraction of sp³-hybridized carbons (Fsp3) is 0.263. The number of fused-ring (bicyclic) bond motifs is 1. The smallest absolute Gasteiger partial charge is 0.352 e. The van der Waals surface area contributed by atoms with E-state index in [0.29, 0.717) is 5.39 Å². The van der Waals surface area contributed by atoms with Crippen LogP contribution in [0.5, 0.6) is 0 Å². The van der Waals surface area contributed by atoms with Crippen LogP contribution in [0.15, 0.2) is 54.7 Å². The number of nitrogens with zero attached hydrogens (tertiary/aromatic N) is 2. The molecule has 1 aromatic carbocycles. The van der Waals surface area contributed by atoms with Crippen molar-refractivity contribution < 1.29 is 18.0 Å². The van der Waals surface area contributed by atoms with Crippen molar-refractivity contribution in [3.8, 4) is 0 Å². The van der Waals surface area contributed by atoms with Gasteiger partial charge in [0, 0.05) is 24.2 Å². The molecule has 0 aliphatic heterocycles. The van der Waals surface area contributed by atoms with Crippen molar-refractivity contribution in [2.75, 3.05) is 0 Å². The van der Waals surface area contributed by atoms with Crippen molar-refractivity contribution >= 4 is 16.9 Å². The maximum Gasteiger partial charge on any atom is 0.431 e. The minimum atomic E-state index is -4.49. The molecule has 3 rings (SSSR count). The zero-order chi connectivity index (χ0) is 18.7. The molecule has 1 N–H and O–H groups in total. The molecule has 0 fully saturated rings. The first-order valence-corrected chi connectivity index (χ1v) is 8.19. The molecule has 4 nitrogen and oxygen atoms in total. The van der Waals surface area contributed by atoms with Gasteiger partial charge >= 0.3 is 6.18 Å². The van der Waals surface area contributed by atoms with Gasteiger partial charge in [0.2, 0.25) is 5.91 Å².